The number of rotatable bonds is 13. The lowest BCUT2D eigenvalue weighted by Gasteiger charge is -2.14. The number of nitrogens with zero attached hydrogens (tertiary/aromatic N) is 3. The van der Waals surface area contributed by atoms with Crippen molar-refractivity contribution in [2.24, 2.45) is 0 Å². The molecule has 11 nitrogen and oxygen atoms in total. The Bertz CT molecular complexity index is 1430. The SMILES string of the molecule is CCNS(=O)(=O)CCCn1c(Sc2cc3c(cc2-c2ccn[nH]2)OCO3)nc(C(=N)/C=C(\C)CC)c1NC. The molecular formula is C25H33N7O4S2. The number of hydrogen-bond donors (Lipinski definition) is 4. The van der Waals surface area contributed by atoms with Gasteiger partial charge in [-0.05, 0) is 44.0 Å². The first-order valence-corrected chi connectivity index (χ1v) is 14.9. The second-order valence-electron chi connectivity index (χ2n) is 8.70. The number of fused-ring (bicyclic) bond motifs is 1. The van der Waals surface area contributed by atoms with Crippen LogP contribution in [0.2, 0.25) is 0 Å². The van der Waals surface area contributed by atoms with Gasteiger partial charge in [0.15, 0.2) is 16.7 Å². The Hall–Kier alpha value is -3.29. The van der Waals surface area contributed by atoms with Gasteiger partial charge in [-0.1, -0.05) is 31.2 Å². The van der Waals surface area contributed by atoms with E-state index in [0.29, 0.717) is 47.7 Å². The number of allylic oxidation sites excluding steroid dienone is 2. The molecule has 0 fully saturated rings. The van der Waals surface area contributed by atoms with E-state index in [2.05, 4.69) is 20.2 Å². The smallest absolute Gasteiger partial charge is 0.231 e. The summed E-state index contributed by atoms with van der Waals surface area (Å²) in [7, 11) is -1.59. The summed E-state index contributed by atoms with van der Waals surface area (Å²) < 4.78 is 40.2. The maximum Gasteiger partial charge on any atom is 0.231 e. The predicted octanol–water partition coefficient (Wildman–Crippen LogP) is 4.25. The minimum absolute atomic E-state index is 0.0165. The van der Waals surface area contributed by atoms with E-state index in [4.69, 9.17) is 19.9 Å². The molecule has 1 aliphatic heterocycles. The molecule has 1 aliphatic rings. The lowest BCUT2D eigenvalue weighted by molar-refractivity contribution is 0.174. The summed E-state index contributed by atoms with van der Waals surface area (Å²) in [5, 5.41) is 19.6. The largest absolute Gasteiger partial charge is 0.454 e. The second kappa shape index (κ2) is 12.0. The fourth-order valence-electron chi connectivity index (χ4n) is 4.00. The highest BCUT2D eigenvalue weighted by Crippen LogP contribution is 2.44. The van der Waals surface area contributed by atoms with E-state index in [9.17, 15) is 8.42 Å². The van der Waals surface area contributed by atoms with Crippen LogP contribution in [0.1, 0.15) is 39.3 Å². The molecular weight excluding hydrogens is 526 g/mol. The zero-order valence-corrected chi connectivity index (χ0v) is 23.6. The van der Waals surface area contributed by atoms with Crippen molar-refractivity contribution in [1.82, 2.24) is 24.5 Å². The molecule has 0 saturated carbocycles. The van der Waals surface area contributed by atoms with E-state index in [0.717, 1.165) is 28.1 Å². The van der Waals surface area contributed by atoms with Crippen molar-refractivity contribution in [3.8, 4) is 22.8 Å². The van der Waals surface area contributed by atoms with Crippen LogP contribution in [-0.2, 0) is 16.6 Å². The molecule has 38 heavy (non-hydrogen) atoms. The Labute approximate surface area is 227 Å². The van der Waals surface area contributed by atoms with Crippen molar-refractivity contribution in [3.05, 3.63) is 41.7 Å². The maximum absolute atomic E-state index is 12.3. The van der Waals surface area contributed by atoms with Crippen LogP contribution in [-0.4, -0.2) is 60.0 Å². The third-order valence-corrected chi connectivity index (χ3v) is 8.61. The molecule has 0 amide bonds. The second-order valence-corrected chi connectivity index (χ2v) is 11.6. The van der Waals surface area contributed by atoms with Crippen molar-refractivity contribution in [1.29, 1.82) is 5.41 Å². The summed E-state index contributed by atoms with van der Waals surface area (Å²) in [4.78, 5) is 5.72. The number of aromatic amines is 1. The van der Waals surface area contributed by atoms with Gasteiger partial charge in [0, 0.05) is 36.8 Å². The Morgan fingerprint density at radius 3 is 2.71 bits per heavy atom. The van der Waals surface area contributed by atoms with Crippen LogP contribution in [0.5, 0.6) is 11.5 Å². The summed E-state index contributed by atoms with van der Waals surface area (Å²) in [6.45, 7) is 6.67. The molecule has 4 rings (SSSR count). The molecule has 0 radical (unpaired) electrons. The van der Waals surface area contributed by atoms with Gasteiger partial charge in [-0.15, -0.1) is 0 Å². The molecule has 0 saturated heterocycles. The molecule has 0 spiro atoms. The minimum atomic E-state index is -3.37. The topological polar surface area (TPSA) is 147 Å². The van der Waals surface area contributed by atoms with Crippen LogP contribution >= 0.6 is 11.8 Å². The van der Waals surface area contributed by atoms with E-state index in [1.165, 1.54) is 11.8 Å². The van der Waals surface area contributed by atoms with Gasteiger partial charge < -0.3 is 19.4 Å². The number of anilines is 1. The number of nitrogens with one attached hydrogen (secondary N) is 4. The highest BCUT2D eigenvalue weighted by Gasteiger charge is 2.24. The number of imidazole rings is 1. The van der Waals surface area contributed by atoms with E-state index >= 15 is 0 Å². The molecule has 3 aromatic rings. The van der Waals surface area contributed by atoms with Crippen LogP contribution in [0.4, 0.5) is 5.82 Å². The molecule has 204 valence electrons. The molecule has 3 heterocycles. The zero-order valence-electron chi connectivity index (χ0n) is 21.9. The molecule has 4 N–H and O–H groups in total. The van der Waals surface area contributed by atoms with Gasteiger partial charge >= 0.3 is 0 Å². The highest BCUT2D eigenvalue weighted by molar-refractivity contribution is 7.99. The first-order chi connectivity index (χ1) is 18.3. The van der Waals surface area contributed by atoms with Gasteiger partial charge in [0.2, 0.25) is 16.8 Å². The lowest BCUT2D eigenvalue weighted by atomic mass is 10.1. The van der Waals surface area contributed by atoms with Gasteiger partial charge in [-0.25, -0.2) is 18.1 Å². The summed E-state index contributed by atoms with van der Waals surface area (Å²) in [5.41, 5.74) is 3.53. The van der Waals surface area contributed by atoms with Crippen LogP contribution in [0, 0.1) is 5.41 Å². The molecule has 13 heteroatoms. The lowest BCUT2D eigenvalue weighted by Crippen LogP contribution is -2.26. The van der Waals surface area contributed by atoms with E-state index in [-0.39, 0.29) is 18.3 Å². The number of sulfonamides is 1. The van der Waals surface area contributed by atoms with Gasteiger partial charge in [-0.3, -0.25) is 10.5 Å². The fourth-order valence-corrected chi connectivity index (χ4v) is 6.17. The monoisotopic (exact) mass is 559 g/mol. The number of H-pyrrole nitrogens is 1. The zero-order chi connectivity index (χ0) is 27.3. The number of ether oxygens (including phenoxy) is 2. The third kappa shape index (κ3) is 6.22. The van der Waals surface area contributed by atoms with Crippen molar-refractivity contribution in [2.45, 2.75) is 50.2 Å². The Kier molecular flexibility index (Phi) is 8.80. The van der Waals surface area contributed by atoms with E-state index in [1.54, 1.807) is 20.2 Å². The average molecular weight is 560 g/mol. The van der Waals surface area contributed by atoms with Crippen LogP contribution in [0.25, 0.3) is 11.3 Å². The summed E-state index contributed by atoms with van der Waals surface area (Å²) in [6, 6.07) is 5.69. The molecule has 1 aromatic carbocycles. The van der Waals surface area contributed by atoms with E-state index in [1.807, 2.05) is 42.7 Å². The summed E-state index contributed by atoms with van der Waals surface area (Å²) in [5.74, 6) is 1.92. The third-order valence-electron chi connectivity index (χ3n) is 6.00. The normalized spacial score (nSPS) is 13.2. The van der Waals surface area contributed by atoms with Crippen molar-refractivity contribution in [2.75, 3.05) is 31.5 Å². The number of benzene rings is 1. The van der Waals surface area contributed by atoms with Gasteiger partial charge in [-0.2, -0.15) is 5.10 Å². The highest BCUT2D eigenvalue weighted by atomic mass is 32.2. The van der Waals surface area contributed by atoms with Crippen LogP contribution < -0.4 is 19.5 Å². The minimum Gasteiger partial charge on any atom is -0.454 e. The Morgan fingerprint density at radius 2 is 2.05 bits per heavy atom. The quantitative estimate of drug-likeness (QED) is 0.227. The molecule has 0 bridgehead atoms. The van der Waals surface area contributed by atoms with Crippen molar-refractivity contribution < 1.29 is 17.9 Å². The average Bonchev–Trinajstić information content (AvgIpc) is 3.63. The van der Waals surface area contributed by atoms with Gasteiger partial charge in [0.25, 0.3) is 0 Å². The molecule has 2 aromatic heterocycles. The number of hydrogen-bond acceptors (Lipinski definition) is 9. The Morgan fingerprint density at radius 1 is 1.29 bits per heavy atom. The van der Waals surface area contributed by atoms with Gasteiger partial charge in [0.1, 0.15) is 11.5 Å². The molecule has 0 atom stereocenters. The van der Waals surface area contributed by atoms with Crippen molar-refractivity contribution in [3.63, 3.8) is 0 Å². The maximum atomic E-state index is 12.3. The first-order valence-electron chi connectivity index (χ1n) is 12.4. The number of aromatic nitrogens is 4. The fraction of sp³-hybridized carbons (Fsp3) is 0.400. The Balaban J connectivity index is 1.76. The first kappa shape index (κ1) is 27.7. The summed E-state index contributed by atoms with van der Waals surface area (Å²) >= 11 is 1.41. The molecule has 0 aliphatic carbocycles. The van der Waals surface area contributed by atoms with Crippen LogP contribution in [0.3, 0.4) is 0 Å². The van der Waals surface area contributed by atoms with Gasteiger partial charge in [0.05, 0.1) is 17.2 Å². The predicted molar refractivity (Wildman–Crippen MR) is 149 cm³/mol. The van der Waals surface area contributed by atoms with Crippen LogP contribution in [0.15, 0.2) is 46.1 Å². The standard InChI is InChI=1S/C25H33N7O4S2/c1-5-16(3)12-18(26)23-24(27-4)32(10-7-11-38(33,34)29-6-2)25(30-23)37-22-14-21-20(35-15-36-21)13-17(22)19-8-9-28-31-19/h8-9,12-14,26-27,29H,5-7,10-11,15H2,1-4H3,(H,28,31)/b16-12+,26-18?. The molecule has 0 unspecified atom stereocenters. The van der Waals surface area contributed by atoms with Crippen molar-refractivity contribution >= 4 is 33.3 Å². The summed E-state index contributed by atoms with van der Waals surface area (Å²) in [6.07, 6.45) is 4.70. The van der Waals surface area contributed by atoms with E-state index < -0.39 is 10.0 Å².